The maximum Gasteiger partial charge on any atom is 0.329 e. The van der Waals surface area contributed by atoms with Gasteiger partial charge in [0.1, 0.15) is 0 Å². The van der Waals surface area contributed by atoms with Crippen molar-refractivity contribution in [3.8, 4) is 0 Å². The van der Waals surface area contributed by atoms with Crippen LogP contribution < -0.4 is 15.5 Å². The molecule has 1 fully saturated rings. The van der Waals surface area contributed by atoms with Crippen LogP contribution in [0.4, 0.5) is 16.2 Å². The molecule has 10 heteroatoms. The first-order chi connectivity index (χ1) is 15.4. The number of hydrogen-bond acceptors (Lipinski definition) is 5. The lowest BCUT2D eigenvalue weighted by atomic mass is 9.94. The van der Waals surface area contributed by atoms with E-state index in [2.05, 4.69) is 31.5 Å². The molecule has 2 aromatic rings. The molecule has 0 aliphatic carbocycles. The van der Waals surface area contributed by atoms with Crippen LogP contribution in [0.5, 0.6) is 0 Å². The molecule has 0 aromatic heterocycles. The fourth-order valence-electron chi connectivity index (χ4n) is 3.92. The van der Waals surface area contributed by atoms with Gasteiger partial charge in [0.15, 0.2) is 0 Å². The summed E-state index contributed by atoms with van der Waals surface area (Å²) in [6.07, 6.45) is 0.709. The highest BCUT2D eigenvalue weighted by Gasteiger charge is 2.52. The second kappa shape index (κ2) is 9.76. The van der Waals surface area contributed by atoms with Crippen LogP contribution in [-0.2, 0) is 15.3 Å². The van der Waals surface area contributed by atoms with E-state index in [-0.39, 0.29) is 5.56 Å². The molecule has 2 aliphatic rings. The van der Waals surface area contributed by atoms with E-state index in [9.17, 15) is 14.7 Å². The Morgan fingerprint density at radius 3 is 2.66 bits per heavy atom. The van der Waals surface area contributed by atoms with Crippen molar-refractivity contribution in [1.29, 1.82) is 0 Å². The number of urea groups is 1. The normalized spacial score (nSPS) is 21.1. The number of morpholine rings is 1. The van der Waals surface area contributed by atoms with Crippen molar-refractivity contribution in [2.75, 3.05) is 49.6 Å². The summed E-state index contributed by atoms with van der Waals surface area (Å²) in [6.45, 7) is 4.32. The Kier molecular flexibility index (Phi) is 7.02. The van der Waals surface area contributed by atoms with Crippen molar-refractivity contribution in [3.05, 3.63) is 57.5 Å². The summed E-state index contributed by atoms with van der Waals surface area (Å²) in [4.78, 5) is 29.7. The van der Waals surface area contributed by atoms with E-state index in [1.807, 2.05) is 0 Å². The van der Waals surface area contributed by atoms with Crippen molar-refractivity contribution in [3.63, 3.8) is 0 Å². The number of nitrogens with zero attached hydrogens (tertiary/aromatic N) is 2. The second-order valence-electron chi connectivity index (χ2n) is 7.67. The van der Waals surface area contributed by atoms with E-state index < -0.39 is 17.7 Å². The highest BCUT2D eigenvalue weighted by Crippen LogP contribution is 2.41. The van der Waals surface area contributed by atoms with Gasteiger partial charge in [-0.25, -0.2) is 4.79 Å². The summed E-state index contributed by atoms with van der Waals surface area (Å²) in [5.74, 6) is -0.677. The molecule has 0 radical (unpaired) electrons. The number of benzene rings is 2. The molecule has 8 nitrogen and oxygen atoms in total. The number of halogens is 2. The largest absolute Gasteiger partial charge is 0.379 e. The fourth-order valence-corrected chi connectivity index (χ4v) is 4.41. The van der Waals surface area contributed by atoms with Crippen LogP contribution in [0.25, 0.3) is 0 Å². The van der Waals surface area contributed by atoms with Gasteiger partial charge in [-0.05, 0) is 55.4 Å². The van der Waals surface area contributed by atoms with Gasteiger partial charge in [0.25, 0.3) is 11.6 Å². The number of nitrogens with one attached hydrogen (secondary N) is 2. The summed E-state index contributed by atoms with van der Waals surface area (Å²) < 4.78 is 6.02. The van der Waals surface area contributed by atoms with Gasteiger partial charge in [-0.15, -0.1) is 0 Å². The third kappa shape index (κ3) is 4.62. The Morgan fingerprint density at radius 2 is 1.94 bits per heavy atom. The second-order valence-corrected chi connectivity index (χ2v) is 9.02. The summed E-state index contributed by atoms with van der Waals surface area (Å²) in [5, 5.41) is 17.8. The van der Waals surface area contributed by atoms with Crippen LogP contribution in [0, 0.1) is 0 Å². The van der Waals surface area contributed by atoms with E-state index in [1.165, 1.54) is 0 Å². The van der Waals surface area contributed by atoms with Gasteiger partial charge in [-0.3, -0.25) is 14.6 Å². The van der Waals surface area contributed by atoms with Crippen molar-refractivity contribution < 1.29 is 19.4 Å². The maximum atomic E-state index is 13.4. The molecule has 0 spiro atoms. The fraction of sp³-hybridized carbons (Fsp3) is 0.364. The first kappa shape index (κ1) is 23.0. The predicted octanol–water partition coefficient (Wildman–Crippen LogP) is 3.14. The van der Waals surface area contributed by atoms with E-state index in [0.717, 1.165) is 24.5 Å². The monoisotopic (exact) mass is 522 g/mol. The van der Waals surface area contributed by atoms with Crippen LogP contribution in [0.1, 0.15) is 12.0 Å². The number of aliphatic hydroxyl groups is 1. The van der Waals surface area contributed by atoms with Crippen LogP contribution in [0.15, 0.2) is 46.9 Å². The molecule has 0 bridgehead atoms. The van der Waals surface area contributed by atoms with Gasteiger partial charge in [-0.1, -0.05) is 27.5 Å². The number of anilines is 2. The lowest BCUT2D eigenvalue weighted by Crippen LogP contribution is -2.62. The molecule has 4 rings (SSSR count). The minimum absolute atomic E-state index is 0.270. The number of ether oxygens (including phenoxy) is 1. The Balaban J connectivity index is 1.59. The van der Waals surface area contributed by atoms with Gasteiger partial charge in [-0.2, -0.15) is 0 Å². The van der Waals surface area contributed by atoms with E-state index in [0.29, 0.717) is 47.0 Å². The number of hydrogen-bond donors (Lipinski definition) is 3. The van der Waals surface area contributed by atoms with E-state index in [1.54, 1.807) is 42.5 Å². The molecule has 1 saturated heterocycles. The third-order valence-electron chi connectivity index (χ3n) is 5.57. The molecular formula is C22H24BrClN4O4. The van der Waals surface area contributed by atoms with Crippen LogP contribution in [0.2, 0.25) is 5.02 Å². The quantitative estimate of drug-likeness (QED) is 0.506. The van der Waals surface area contributed by atoms with Crippen molar-refractivity contribution in [2.24, 2.45) is 0 Å². The molecule has 170 valence electrons. The molecule has 0 saturated carbocycles. The molecule has 2 aliphatic heterocycles. The number of carbonyl (C=O) groups excluding carboxylic acids is 2. The average molecular weight is 524 g/mol. The zero-order valence-electron chi connectivity index (χ0n) is 17.3. The minimum Gasteiger partial charge on any atom is -0.379 e. The van der Waals surface area contributed by atoms with Crippen molar-refractivity contribution in [2.45, 2.75) is 12.1 Å². The molecule has 2 heterocycles. The summed E-state index contributed by atoms with van der Waals surface area (Å²) in [6, 6.07) is 10.8. The number of fused-ring (bicyclic) bond motifs is 1. The average Bonchev–Trinajstić information content (AvgIpc) is 2.79. The smallest absolute Gasteiger partial charge is 0.329 e. The van der Waals surface area contributed by atoms with Gasteiger partial charge in [0.2, 0.25) is 0 Å². The molecule has 3 N–H and O–H groups in total. The molecule has 2 aromatic carbocycles. The van der Waals surface area contributed by atoms with Gasteiger partial charge in [0, 0.05) is 40.4 Å². The Bertz CT molecular complexity index is 1000. The Hall–Kier alpha value is -2.17. The van der Waals surface area contributed by atoms with Crippen LogP contribution in [-0.4, -0.2) is 61.3 Å². The molecule has 1 unspecified atom stereocenters. The van der Waals surface area contributed by atoms with E-state index in [4.69, 9.17) is 16.3 Å². The highest BCUT2D eigenvalue weighted by molar-refractivity contribution is 9.10. The van der Waals surface area contributed by atoms with Gasteiger partial charge < -0.3 is 20.5 Å². The first-order valence-corrected chi connectivity index (χ1v) is 11.5. The third-order valence-corrected chi connectivity index (χ3v) is 6.31. The summed E-state index contributed by atoms with van der Waals surface area (Å²) in [5.41, 5.74) is -1.26. The van der Waals surface area contributed by atoms with Crippen molar-refractivity contribution in [1.82, 2.24) is 10.2 Å². The molecular weight excluding hydrogens is 500 g/mol. The Labute approximate surface area is 199 Å². The molecule has 32 heavy (non-hydrogen) atoms. The maximum absolute atomic E-state index is 13.4. The van der Waals surface area contributed by atoms with Crippen molar-refractivity contribution >= 4 is 50.8 Å². The Morgan fingerprint density at radius 1 is 1.22 bits per heavy atom. The first-order valence-electron chi connectivity index (χ1n) is 10.4. The van der Waals surface area contributed by atoms with E-state index >= 15 is 0 Å². The molecule has 3 amide bonds. The number of carbonyl (C=O) groups is 2. The van der Waals surface area contributed by atoms with Gasteiger partial charge in [0.05, 0.1) is 18.9 Å². The van der Waals surface area contributed by atoms with Crippen LogP contribution in [0.3, 0.4) is 0 Å². The SMILES string of the molecule is O=C1Nc2ccc(Br)cc2C(O)(C(=O)NCCCN2CCOCC2)N1c1ccc(Cl)cc1. The lowest BCUT2D eigenvalue weighted by Gasteiger charge is -2.42. The number of rotatable bonds is 6. The van der Waals surface area contributed by atoms with Gasteiger partial charge >= 0.3 is 6.03 Å². The highest BCUT2D eigenvalue weighted by atomic mass is 79.9. The minimum atomic E-state index is -2.24. The predicted molar refractivity (Wildman–Crippen MR) is 126 cm³/mol. The standard InChI is InChI=1S/C22H24BrClN4O4/c23-15-2-7-19-18(14-15)22(31,20(29)25-8-1-9-27-10-12-32-13-11-27)28(21(30)26-19)17-5-3-16(24)4-6-17/h2-7,14,31H,1,8-13H2,(H,25,29)(H,26,30). The molecule has 1 atom stereocenters. The lowest BCUT2D eigenvalue weighted by molar-refractivity contribution is -0.140. The summed E-state index contributed by atoms with van der Waals surface area (Å²) in [7, 11) is 0. The summed E-state index contributed by atoms with van der Waals surface area (Å²) >= 11 is 9.38. The number of amides is 3. The zero-order valence-corrected chi connectivity index (χ0v) is 19.7. The topological polar surface area (TPSA) is 94.1 Å². The zero-order chi connectivity index (χ0) is 22.7. The van der Waals surface area contributed by atoms with Crippen LogP contribution >= 0.6 is 27.5 Å².